The van der Waals surface area contributed by atoms with Gasteiger partial charge in [-0.1, -0.05) is 170 Å². The second-order valence-corrected chi connectivity index (χ2v) is 20.8. The van der Waals surface area contributed by atoms with Crippen LogP contribution in [0.5, 0.6) is 0 Å². The summed E-state index contributed by atoms with van der Waals surface area (Å²) in [5.74, 6) is 0.430. The van der Waals surface area contributed by atoms with Crippen LogP contribution in [0, 0.1) is 19.8 Å². The summed E-state index contributed by atoms with van der Waals surface area (Å²) < 4.78 is 5.27. The van der Waals surface area contributed by atoms with E-state index in [0.29, 0.717) is 5.92 Å². The largest absolute Gasteiger partial charge is 0.310 e. The van der Waals surface area contributed by atoms with Gasteiger partial charge < -0.3 is 18.6 Å². The highest BCUT2D eigenvalue weighted by Gasteiger charge is 2.32. The van der Waals surface area contributed by atoms with Crippen molar-refractivity contribution >= 4 is 105 Å². The van der Waals surface area contributed by atoms with Crippen LogP contribution in [0.3, 0.4) is 0 Å². The molecule has 10 aromatic carbocycles. The number of hydrogen-bond donors (Lipinski definition) is 0. The third-order valence-electron chi connectivity index (χ3n) is 15.9. The number of aryl methyl sites for hydroxylation is 2. The Bertz CT molecular complexity index is 4580. The van der Waals surface area contributed by atoms with Gasteiger partial charge in [-0.05, 0) is 122 Å². The molecule has 74 heavy (non-hydrogen) atoms. The van der Waals surface area contributed by atoms with E-state index in [2.05, 4.69) is 271 Å². The number of allylic oxidation sites excluding steroid dienone is 3. The second-order valence-electron chi connectivity index (χ2n) is 20.8. The first-order valence-electron chi connectivity index (χ1n) is 26.1. The molecule has 0 radical (unpaired) electrons. The maximum Gasteiger partial charge on any atom is 0.0634 e. The number of hydrogen-bond acceptors (Lipinski definition) is 2. The van der Waals surface area contributed by atoms with E-state index < -0.39 is 0 Å². The van der Waals surface area contributed by atoms with Crippen LogP contribution in [-0.2, 0) is 0 Å². The van der Waals surface area contributed by atoms with Gasteiger partial charge in [0.2, 0.25) is 0 Å². The third-order valence-corrected chi connectivity index (χ3v) is 15.9. The Kier molecular flexibility index (Phi) is 9.31. The van der Waals surface area contributed by atoms with Gasteiger partial charge in [0.1, 0.15) is 0 Å². The summed E-state index contributed by atoms with van der Waals surface area (Å²) in [6.07, 6.45) is 5.92. The van der Waals surface area contributed by atoms with Crippen LogP contribution in [-0.4, -0.2) is 8.80 Å². The van der Waals surface area contributed by atoms with Gasteiger partial charge in [-0.15, -0.1) is 0 Å². The molecule has 4 heteroatoms. The number of rotatable bonds is 8. The van der Waals surface area contributed by atoms with Gasteiger partial charge in [0.25, 0.3) is 0 Å². The third kappa shape index (κ3) is 6.09. The van der Waals surface area contributed by atoms with Crippen molar-refractivity contribution < 1.29 is 0 Å². The van der Waals surface area contributed by atoms with Gasteiger partial charge in [-0.3, -0.25) is 0 Å². The first kappa shape index (κ1) is 42.6. The number of benzene rings is 10. The molecular weight excluding hydrogens is 897 g/mol. The maximum absolute atomic E-state index is 2.64. The highest BCUT2D eigenvalue weighted by atomic mass is 15.2. The second kappa shape index (κ2) is 16.2. The minimum atomic E-state index is 0.430. The predicted octanol–water partition coefficient (Wildman–Crippen LogP) is 19.4. The molecule has 1 atom stereocenters. The Balaban J connectivity index is 1.14. The van der Waals surface area contributed by atoms with Crippen LogP contribution < -0.4 is 9.80 Å². The minimum absolute atomic E-state index is 0.430. The van der Waals surface area contributed by atoms with E-state index in [1.165, 1.54) is 127 Å². The standard InChI is InChI=1S/C70H52N4/c1-43-37-44(2)40-51(39-43)71(49-25-13-7-14-26-49)57-33-19-35-59-63(57)53-29-17-31-55-65-62(48-23-11-6-12-24-48)70-66(61(47-21-9-5-10-22-47)69(65)73(59)67(53)55)56-32-18-30-54-64-58(34-20-36-60(64)74(70)68(54)56)72(50-27-15-8-16-28-50)52-41-45(3)38-46(4)42-52/h5-37,39-42,45H,38H2,1-4H3. The molecule has 4 aromatic heterocycles. The Morgan fingerprint density at radius 2 is 0.811 bits per heavy atom. The highest BCUT2D eigenvalue weighted by molar-refractivity contribution is 6.39. The van der Waals surface area contributed by atoms with Gasteiger partial charge in [-0.2, -0.15) is 0 Å². The molecule has 0 N–H and O–H groups in total. The van der Waals surface area contributed by atoms with Gasteiger partial charge in [0, 0.05) is 77.0 Å². The van der Waals surface area contributed by atoms with Crippen LogP contribution in [0.25, 0.3) is 98.4 Å². The molecule has 1 unspecified atom stereocenters. The molecule has 0 fully saturated rings. The van der Waals surface area contributed by atoms with E-state index in [1.54, 1.807) is 0 Å². The zero-order chi connectivity index (χ0) is 49.3. The number of aromatic nitrogens is 2. The van der Waals surface area contributed by atoms with Gasteiger partial charge >= 0.3 is 0 Å². The zero-order valence-electron chi connectivity index (χ0n) is 41.9. The molecule has 0 aliphatic heterocycles. The molecule has 1 aliphatic rings. The van der Waals surface area contributed by atoms with E-state index in [4.69, 9.17) is 0 Å². The van der Waals surface area contributed by atoms with Crippen LogP contribution in [0.15, 0.2) is 236 Å². The fourth-order valence-electron chi connectivity index (χ4n) is 13.3. The first-order valence-corrected chi connectivity index (χ1v) is 26.1. The molecule has 0 saturated carbocycles. The van der Waals surface area contributed by atoms with Crippen molar-refractivity contribution in [3.05, 3.63) is 247 Å². The van der Waals surface area contributed by atoms with E-state index >= 15 is 0 Å². The monoisotopic (exact) mass is 948 g/mol. The van der Waals surface area contributed by atoms with Crippen molar-refractivity contribution in [3.8, 4) is 22.3 Å². The number of nitrogens with zero attached hydrogens (tertiary/aromatic N) is 4. The molecule has 0 spiro atoms. The van der Waals surface area contributed by atoms with Crippen molar-refractivity contribution in [2.24, 2.45) is 5.92 Å². The normalized spacial score (nSPS) is 14.2. The molecule has 0 bridgehead atoms. The lowest BCUT2D eigenvalue weighted by Crippen LogP contribution is -2.18. The fraction of sp³-hybridized carbons (Fsp3) is 0.0857. The van der Waals surface area contributed by atoms with Crippen LogP contribution in [0.1, 0.15) is 31.4 Å². The minimum Gasteiger partial charge on any atom is -0.310 e. The quantitative estimate of drug-likeness (QED) is 0.151. The molecule has 352 valence electrons. The van der Waals surface area contributed by atoms with Crippen LogP contribution in [0.4, 0.5) is 28.4 Å². The SMILES string of the molecule is CC1=CC(N(c2ccccc2)c2cccc3c2c2cccc4c5c(-c6ccccc6)c6c(c(-c7ccccc7)c5n3c24)c2cccc3c4c(N(c5ccccc5)c5cc(C)cc(C)c5)cccc4n6c32)=CC(C)C1. The Morgan fingerprint density at radius 3 is 1.28 bits per heavy atom. The lowest BCUT2D eigenvalue weighted by atomic mass is 9.89. The summed E-state index contributed by atoms with van der Waals surface area (Å²) in [4.78, 5) is 4.97. The van der Waals surface area contributed by atoms with Crippen molar-refractivity contribution in [2.75, 3.05) is 9.80 Å². The van der Waals surface area contributed by atoms with E-state index in [9.17, 15) is 0 Å². The van der Waals surface area contributed by atoms with Gasteiger partial charge in [-0.25, -0.2) is 0 Å². The summed E-state index contributed by atoms with van der Waals surface area (Å²) in [7, 11) is 0. The molecule has 14 aromatic rings. The van der Waals surface area contributed by atoms with Crippen LogP contribution in [0.2, 0.25) is 0 Å². The Morgan fingerprint density at radius 1 is 0.392 bits per heavy atom. The first-order chi connectivity index (χ1) is 36.4. The van der Waals surface area contributed by atoms with Crippen molar-refractivity contribution in [1.29, 1.82) is 0 Å². The molecule has 1 aliphatic carbocycles. The summed E-state index contributed by atoms with van der Waals surface area (Å²) in [5.41, 5.74) is 23.1. The number of fused-ring (bicyclic) bond motifs is 12. The summed E-state index contributed by atoms with van der Waals surface area (Å²) in [6.45, 7) is 9.02. The molecule has 4 nitrogen and oxygen atoms in total. The van der Waals surface area contributed by atoms with Gasteiger partial charge in [0.05, 0.1) is 44.5 Å². The zero-order valence-corrected chi connectivity index (χ0v) is 41.9. The highest BCUT2D eigenvalue weighted by Crippen LogP contribution is 2.56. The summed E-state index contributed by atoms with van der Waals surface area (Å²) in [5, 5.41) is 10.0. The average molecular weight is 949 g/mol. The van der Waals surface area contributed by atoms with E-state index in [0.717, 1.165) is 29.2 Å². The van der Waals surface area contributed by atoms with Crippen molar-refractivity contribution in [3.63, 3.8) is 0 Å². The van der Waals surface area contributed by atoms with E-state index in [1.807, 2.05) is 0 Å². The number of para-hydroxylation sites is 4. The molecule has 0 saturated heterocycles. The van der Waals surface area contributed by atoms with Crippen molar-refractivity contribution in [1.82, 2.24) is 8.80 Å². The van der Waals surface area contributed by atoms with Crippen molar-refractivity contribution in [2.45, 2.75) is 34.1 Å². The van der Waals surface area contributed by atoms with Gasteiger partial charge in [0.15, 0.2) is 0 Å². The average Bonchev–Trinajstić information content (AvgIpc) is 4.23. The molecule has 0 amide bonds. The Hall–Kier alpha value is -9.12. The molecule has 4 heterocycles. The number of anilines is 5. The predicted molar refractivity (Wildman–Crippen MR) is 315 cm³/mol. The lowest BCUT2D eigenvalue weighted by molar-refractivity contribution is 0.697. The Labute approximate surface area is 430 Å². The summed E-state index contributed by atoms with van der Waals surface area (Å²) in [6, 6.07) is 79.1. The summed E-state index contributed by atoms with van der Waals surface area (Å²) >= 11 is 0. The fourth-order valence-corrected chi connectivity index (χ4v) is 13.3. The van der Waals surface area contributed by atoms with E-state index in [-0.39, 0.29) is 0 Å². The maximum atomic E-state index is 2.64. The lowest BCUT2D eigenvalue weighted by Gasteiger charge is -2.30. The van der Waals surface area contributed by atoms with Crippen LogP contribution >= 0.6 is 0 Å². The topological polar surface area (TPSA) is 15.3 Å². The smallest absolute Gasteiger partial charge is 0.0634 e. The molecule has 15 rings (SSSR count). The molecular formula is C70H52N4.